The lowest BCUT2D eigenvalue weighted by Crippen LogP contribution is -2.43. The van der Waals surface area contributed by atoms with Gasteiger partial charge in [-0.05, 0) is 57.4 Å². The molecule has 2 heterocycles. The Labute approximate surface area is 105 Å². The molecule has 2 heteroatoms. The van der Waals surface area contributed by atoms with Gasteiger partial charge in [-0.3, -0.25) is 0 Å². The fourth-order valence-electron chi connectivity index (χ4n) is 2.81. The van der Waals surface area contributed by atoms with Crippen LogP contribution in [-0.4, -0.2) is 12.2 Å². The third-order valence-electron chi connectivity index (χ3n) is 4.03. The van der Waals surface area contributed by atoms with Gasteiger partial charge >= 0.3 is 0 Å². The summed E-state index contributed by atoms with van der Waals surface area (Å²) in [6.45, 7) is 8.81. The Morgan fingerprint density at radius 1 is 1.47 bits per heavy atom. The molecule has 3 rings (SSSR count). The van der Waals surface area contributed by atoms with Crippen molar-refractivity contribution < 1.29 is 9.78 Å². The van der Waals surface area contributed by atoms with Crippen molar-refractivity contribution in [3.8, 4) is 0 Å². The van der Waals surface area contributed by atoms with Gasteiger partial charge in [-0.25, -0.2) is 9.78 Å². The fraction of sp³-hybridized carbons (Fsp3) is 0.733. The van der Waals surface area contributed by atoms with E-state index < -0.39 is 0 Å². The highest BCUT2D eigenvalue weighted by molar-refractivity contribution is 5.16. The van der Waals surface area contributed by atoms with Crippen LogP contribution >= 0.6 is 0 Å². The van der Waals surface area contributed by atoms with E-state index in [1.807, 2.05) is 0 Å². The summed E-state index contributed by atoms with van der Waals surface area (Å²) in [5, 5.41) is 0. The minimum atomic E-state index is 0.182. The first-order valence-corrected chi connectivity index (χ1v) is 6.71. The molecule has 1 aliphatic carbocycles. The smallest absolute Gasteiger partial charge is 0.115 e. The Hall–Kier alpha value is -0.600. The second kappa shape index (κ2) is 5.36. The maximum absolute atomic E-state index is 5.42. The molecule has 2 nitrogen and oxygen atoms in total. The SMILES string of the molecule is CC(C)=CCC[C@H](C)[C@@H]1C[C@H]2OO[C@@H]1C=C2C. The fourth-order valence-corrected chi connectivity index (χ4v) is 2.81. The van der Waals surface area contributed by atoms with E-state index in [1.165, 1.54) is 24.0 Å². The Morgan fingerprint density at radius 3 is 2.76 bits per heavy atom. The minimum absolute atomic E-state index is 0.182. The molecule has 2 bridgehead atoms. The summed E-state index contributed by atoms with van der Waals surface area (Å²) in [7, 11) is 0. The molecule has 0 aromatic carbocycles. The molecular weight excluding hydrogens is 212 g/mol. The van der Waals surface area contributed by atoms with Crippen molar-refractivity contribution >= 4 is 0 Å². The van der Waals surface area contributed by atoms with Crippen molar-refractivity contribution in [1.29, 1.82) is 0 Å². The van der Waals surface area contributed by atoms with E-state index in [4.69, 9.17) is 9.78 Å². The average Bonchev–Trinajstić information content (AvgIpc) is 2.28. The van der Waals surface area contributed by atoms with Crippen molar-refractivity contribution in [2.45, 2.75) is 59.2 Å². The van der Waals surface area contributed by atoms with Crippen LogP contribution in [0.2, 0.25) is 0 Å². The van der Waals surface area contributed by atoms with E-state index >= 15 is 0 Å². The van der Waals surface area contributed by atoms with E-state index in [0.29, 0.717) is 11.8 Å². The molecule has 0 aromatic rings. The predicted molar refractivity (Wildman–Crippen MR) is 69.4 cm³/mol. The van der Waals surface area contributed by atoms with E-state index in [0.717, 1.165) is 6.42 Å². The molecular formula is C15H24O2. The quantitative estimate of drug-likeness (QED) is 0.542. The molecule has 17 heavy (non-hydrogen) atoms. The van der Waals surface area contributed by atoms with Crippen LogP contribution in [0.1, 0.15) is 47.0 Å². The van der Waals surface area contributed by atoms with Gasteiger partial charge in [0.05, 0.1) is 0 Å². The molecule has 4 atom stereocenters. The van der Waals surface area contributed by atoms with Crippen molar-refractivity contribution in [2.24, 2.45) is 11.8 Å². The Bertz CT molecular complexity index is 326. The molecule has 0 saturated carbocycles. The summed E-state index contributed by atoms with van der Waals surface area (Å²) in [5.74, 6) is 1.33. The summed E-state index contributed by atoms with van der Waals surface area (Å²) in [6, 6.07) is 0. The number of hydrogen-bond donors (Lipinski definition) is 0. The molecule has 0 unspecified atom stereocenters. The number of hydrogen-bond acceptors (Lipinski definition) is 2. The maximum Gasteiger partial charge on any atom is 0.115 e. The van der Waals surface area contributed by atoms with Crippen LogP contribution < -0.4 is 0 Å². The third kappa shape index (κ3) is 2.99. The maximum atomic E-state index is 5.42. The Morgan fingerprint density at radius 2 is 2.24 bits per heavy atom. The second-order valence-electron chi connectivity index (χ2n) is 5.79. The molecule has 0 spiro atoms. The molecule has 0 amide bonds. The predicted octanol–water partition coefficient (Wildman–Crippen LogP) is 4.03. The van der Waals surface area contributed by atoms with Crippen LogP contribution in [0.4, 0.5) is 0 Å². The lowest BCUT2D eigenvalue weighted by molar-refractivity contribution is -0.380. The van der Waals surface area contributed by atoms with Gasteiger partial charge in [-0.2, -0.15) is 0 Å². The zero-order valence-corrected chi connectivity index (χ0v) is 11.4. The Kier molecular flexibility index (Phi) is 4.05. The van der Waals surface area contributed by atoms with Gasteiger partial charge in [0.25, 0.3) is 0 Å². The van der Waals surface area contributed by atoms with E-state index in [9.17, 15) is 0 Å². The number of allylic oxidation sites excluding steroid dienone is 2. The molecule has 2 aliphatic heterocycles. The van der Waals surface area contributed by atoms with Crippen LogP contribution in [0, 0.1) is 11.8 Å². The second-order valence-corrected chi connectivity index (χ2v) is 5.79. The molecule has 1 saturated heterocycles. The van der Waals surface area contributed by atoms with Gasteiger partial charge in [0, 0.05) is 0 Å². The van der Waals surface area contributed by atoms with Crippen molar-refractivity contribution in [2.75, 3.05) is 0 Å². The van der Waals surface area contributed by atoms with Gasteiger partial charge in [0.1, 0.15) is 12.2 Å². The molecule has 0 aromatic heterocycles. The monoisotopic (exact) mass is 236 g/mol. The minimum Gasteiger partial charge on any atom is -0.228 e. The highest BCUT2D eigenvalue weighted by atomic mass is 17.2. The Balaban J connectivity index is 1.89. The highest BCUT2D eigenvalue weighted by Crippen LogP contribution is 2.39. The van der Waals surface area contributed by atoms with Crippen LogP contribution in [0.25, 0.3) is 0 Å². The number of rotatable bonds is 4. The summed E-state index contributed by atoms with van der Waals surface area (Å²) in [6.07, 6.45) is 8.52. The largest absolute Gasteiger partial charge is 0.228 e. The lowest BCUT2D eigenvalue weighted by atomic mass is 9.76. The topological polar surface area (TPSA) is 18.5 Å². The van der Waals surface area contributed by atoms with Crippen LogP contribution in [0.15, 0.2) is 23.3 Å². The molecule has 0 radical (unpaired) electrons. The van der Waals surface area contributed by atoms with Crippen molar-refractivity contribution in [1.82, 2.24) is 0 Å². The third-order valence-corrected chi connectivity index (χ3v) is 4.03. The lowest BCUT2D eigenvalue weighted by Gasteiger charge is -2.41. The van der Waals surface area contributed by atoms with Crippen molar-refractivity contribution in [3.05, 3.63) is 23.3 Å². The molecule has 0 N–H and O–H groups in total. The van der Waals surface area contributed by atoms with Gasteiger partial charge in [0.15, 0.2) is 0 Å². The summed E-state index contributed by atoms with van der Waals surface area (Å²) < 4.78 is 0. The van der Waals surface area contributed by atoms with Gasteiger partial charge < -0.3 is 0 Å². The number of fused-ring (bicyclic) bond motifs is 2. The average molecular weight is 236 g/mol. The van der Waals surface area contributed by atoms with Crippen LogP contribution in [-0.2, 0) is 9.78 Å². The first-order chi connectivity index (χ1) is 8.08. The molecule has 3 aliphatic rings. The molecule has 96 valence electrons. The van der Waals surface area contributed by atoms with Crippen LogP contribution in [0.3, 0.4) is 0 Å². The van der Waals surface area contributed by atoms with Gasteiger partial charge in [0.2, 0.25) is 0 Å². The summed E-state index contributed by atoms with van der Waals surface area (Å²) >= 11 is 0. The first-order valence-electron chi connectivity index (χ1n) is 6.71. The summed E-state index contributed by atoms with van der Waals surface area (Å²) in [5.41, 5.74) is 2.76. The van der Waals surface area contributed by atoms with E-state index in [2.05, 4.69) is 39.8 Å². The zero-order chi connectivity index (χ0) is 12.4. The van der Waals surface area contributed by atoms with Crippen molar-refractivity contribution in [3.63, 3.8) is 0 Å². The van der Waals surface area contributed by atoms with Gasteiger partial charge in [-0.15, -0.1) is 0 Å². The summed E-state index contributed by atoms with van der Waals surface area (Å²) in [4.78, 5) is 10.7. The zero-order valence-electron chi connectivity index (χ0n) is 11.4. The van der Waals surface area contributed by atoms with Gasteiger partial charge in [-0.1, -0.05) is 24.6 Å². The van der Waals surface area contributed by atoms with E-state index in [1.54, 1.807) is 0 Å². The normalized spacial score (nSPS) is 33.2. The van der Waals surface area contributed by atoms with E-state index in [-0.39, 0.29) is 12.2 Å². The molecule has 1 fully saturated rings. The highest BCUT2D eigenvalue weighted by Gasteiger charge is 2.39. The standard InChI is InChI=1S/C15H24O2/c1-10(2)6-5-7-11(3)13-9-14-12(4)8-15(13)17-16-14/h6,8,11,13-15H,5,7,9H2,1-4H3/t11-,13-,14+,15+/m0/s1. The first kappa shape index (κ1) is 12.8. The van der Waals surface area contributed by atoms with Crippen LogP contribution in [0.5, 0.6) is 0 Å².